The molecule has 1 heterocycles. The van der Waals surface area contributed by atoms with Crippen LogP contribution in [0.5, 0.6) is 5.75 Å². The van der Waals surface area contributed by atoms with E-state index in [-0.39, 0.29) is 18.0 Å². The maximum Gasteiger partial charge on any atom is 0.275 e. The summed E-state index contributed by atoms with van der Waals surface area (Å²) < 4.78 is 5.20. The van der Waals surface area contributed by atoms with E-state index >= 15 is 0 Å². The lowest BCUT2D eigenvalue weighted by Crippen LogP contribution is -2.16. The van der Waals surface area contributed by atoms with Gasteiger partial charge in [-0.25, -0.2) is 4.98 Å². The molecule has 2 N–H and O–H groups in total. The monoisotopic (exact) mass is 401 g/mol. The molecule has 8 heteroatoms. The number of rotatable bonds is 6. The molecule has 0 saturated heterocycles. The van der Waals surface area contributed by atoms with Crippen LogP contribution >= 0.6 is 22.9 Å². The van der Waals surface area contributed by atoms with Gasteiger partial charge in [0.1, 0.15) is 11.4 Å². The first-order chi connectivity index (χ1) is 13.0. The Morgan fingerprint density at radius 1 is 1.15 bits per heavy atom. The molecule has 6 nitrogen and oxygen atoms in total. The lowest BCUT2D eigenvalue weighted by Gasteiger charge is -2.09. The Balaban J connectivity index is 1.64. The third-order valence-electron chi connectivity index (χ3n) is 3.60. The van der Waals surface area contributed by atoms with Crippen molar-refractivity contribution in [3.05, 3.63) is 70.2 Å². The normalized spacial score (nSPS) is 10.3. The molecule has 0 radical (unpaired) electrons. The van der Waals surface area contributed by atoms with Crippen molar-refractivity contribution in [3.8, 4) is 5.75 Å². The highest BCUT2D eigenvalue weighted by Gasteiger charge is 2.15. The van der Waals surface area contributed by atoms with Gasteiger partial charge in [0.2, 0.25) is 5.91 Å². The average molecular weight is 402 g/mol. The maximum atomic E-state index is 12.4. The van der Waals surface area contributed by atoms with Crippen LogP contribution in [0.3, 0.4) is 0 Å². The van der Waals surface area contributed by atoms with Crippen molar-refractivity contribution in [2.45, 2.75) is 6.42 Å². The number of methoxy groups -OCH3 is 1. The van der Waals surface area contributed by atoms with Crippen LogP contribution in [0.4, 0.5) is 10.8 Å². The van der Waals surface area contributed by atoms with Crippen LogP contribution in [0.1, 0.15) is 16.1 Å². The predicted octanol–water partition coefficient (Wildman–Crippen LogP) is 4.24. The molecule has 0 aliphatic heterocycles. The minimum absolute atomic E-state index is 0.192. The molecule has 3 rings (SSSR count). The van der Waals surface area contributed by atoms with Gasteiger partial charge in [-0.3, -0.25) is 9.59 Å². The van der Waals surface area contributed by atoms with Crippen LogP contribution in [-0.4, -0.2) is 23.9 Å². The second-order valence-electron chi connectivity index (χ2n) is 5.55. The van der Waals surface area contributed by atoms with Gasteiger partial charge in [0.25, 0.3) is 5.91 Å². The first kappa shape index (κ1) is 18.9. The molecule has 0 unspecified atom stereocenters. The largest absolute Gasteiger partial charge is 0.495 e. The number of anilines is 2. The van der Waals surface area contributed by atoms with Crippen LogP contribution in [0.15, 0.2) is 53.9 Å². The van der Waals surface area contributed by atoms with Crippen molar-refractivity contribution in [1.29, 1.82) is 0 Å². The van der Waals surface area contributed by atoms with Gasteiger partial charge in [-0.05, 0) is 23.8 Å². The van der Waals surface area contributed by atoms with Crippen molar-refractivity contribution >= 4 is 45.6 Å². The summed E-state index contributed by atoms with van der Waals surface area (Å²) in [6.45, 7) is 0. The smallest absolute Gasteiger partial charge is 0.275 e. The Kier molecular flexibility index (Phi) is 6.05. The number of halogens is 1. The topological polar surface area (TPSA) is 80.3 Å². The van der Waals surface area contributed by atoms with E-state index in [1.807, 2.05) is 30.3 Å². The summed E-state index contributed by atoms with van der Waals surface area (Å²) in [6.07, 6.45) is 0.238. The van der Waals surface area contributed by atoms with Crippen molar-refractivity contribution < 1.29 is 14.3 Å². The second-order valence-corrected chi connectivity index (χ2v) is 6.84. The summed E-state index contributed by atoms with van der Waals surface area (Å²) >= 11 is 7.14. The molecular weight excluding hydrogens is 386 g/mol. The van der Waals surface area contributed by atoms with E-state index in [9.17, 15) is 9.59 Å². The Hall–Kier alpha value is -2.90. The third kappa shape index (κ3) is 5.06. The van der Waals surface area contributed by atoms with E-state index in [0.29, 0.717) is 21.6 Å². The number of hydrogen-bond donors (Lipinski definition) is 2. The van der Waals surface area contributed by atoms with E-state index in [4.69, 9.17) is 16.3 Å². The Labute approximate surface area is 165 Å². The molecule has 0 spiro atoms. The number of hydrogen-bond acceptors (Lipinski definition) is 5. The predicted molar refractivity (Wildman–Crippen MR) is 107 cm³/mol. The Morgan fingerprint density at radius 3 is 2.67 bits per heavy atom. The minimum Gasteiger partial charge on any atom is -0.495 e. The summed E-state index contributed by atoms with van der Waals surface area (Å²) in [4.78, 5) is 28.7. The molecule has 0 aliphatic rings. The summed E-state index contributed by atoms with van der Waals surface area (Å²) in [5.74, 6) is -0.131. The SMILES string of the molecule is COc1ccc(Cl)cc1NC(=O)c1csc(NC(=O)Cc2ccccc2)n1. The van der Waals surface area contributed by atoms with Crippen molar-refractivity contribution in [2.24, 2.45) is 0 Å². The van der Waals surface area contributed by atoms with E-state index in [1.54, 1.807) is 23.6 Å². The highest BCUT2D eigenvalue weighted by atomic mass is 35.5. The molecule has 1 aromatic heterocycles. The molecule has 0 bridgehead atoms. The number of nitrogens with zero attached hydrogens (tertiary/aromatic N) is 1. The van der Waals surface area contributed by atoms with Gasteiger partial charge >= 0.3 is 0 Å². The van der Waals surface area contributed by atoms with Gasteiger partial charge in [0, 0.05) is 10.4 Å². The molecule has 138 valence electrons. The molecule has 3 aromatic rings. The number of amides is 2. The number of thiazole rings is 1. The van der Waals surface area contributed by atoms with Crippen LogP contribution in [-0.2, 0) is 11.2 Å². The molecule has 27 heavy (non-hydrogen) atoms. The highest BCUT2D eigenvalue weighted by molar-refractivity contribution is 7.14. The van der Waals surface area contributed by atoms with E-state index in [1.165, 1.54) is 18.4 Å². The van der Waals surface area contributed by atoms with E-state index in [2.05, 4.69) is 15.6 Å². The summed E-state index contributed by atoms with van der Waals surface area (Å²) in [5, 5.41) is 7.82. The average Bonchev–Trinajstić information content (AvgIpc) is 3.11. The van der Waals surface area contributed by atoms with Gasteiger partial charge in [-0.1, -0.05) is 41.9 Å². The first-order valence-electron chi connectivity index (χ1n) is 7.99. The van der Waals surface area contributed by atoms with Crippen LogP contribution in [0.25, 0.3) is 0 Å². The van der Waals surface area contributed by atoms with Crippen molar-refractivity contribution in [1.82, 2.24) is 4.98 Å². The van der Waals surface area contributed by atoms with Gasteiger partial charge in [0.05, 0.1) is 19.2 Å². The summed E-state index contributed by atoms with van der Waals surface area (Å²) in [7, 11) is 1.50. The van der Waals surface area contributed by atoms with Gasteiger partial charge in [-0.2, -0.15) is 0 Å². The standard InChI is InChI=1S/C19H16ClN3O3S/c1-26-16-8-7-13(20)10-14(16)21-18(25)15-11-27-19(22-15)23-17(24)9-12-5-3-2-4-6-12/h2-8,10-11H,9H2,1H3,(H,21,25)(H,22,23,24). The van der Waals surface area contributed by atoms with Crippen LogP contribution in [0.2, 0.25) is 5.02 Å². The highest BCUT2D eigenvalue weighted by Crippen LogP contribution is 2.28. The van der Waals surface area contributed by atoms with E-state index < -0.39 is 5.91 Å². The molecule has 0 atom stereocenters. The van der Waals surface area contributed by atoms with Crippen LogP contribution < -0.4 is 15.4 Å². The van der Waals surface area contributed by atoms with Crippen molar-refractivity contribution in [2.75, 3.05) is 17.7 Å². The molecule has 2 aromatic carbocycles. The molecule has 2 amide bonds. The lowest BCUT2D eigenvalue weighted by molar-refractivity contribution is -0.115. The number of benzene rings is 2. The number of nitrogens with one attached hydrogen (secondary N) is 2. The molecule has 0 aliphatic carbocycles. The quantitative estimate of drug-likeness (QED) is 0.647. The maximum absolute atomic E-state index is 12.4. The lowest BCUT2D eigenvalue weighted by atomic mass is 10.1. The fourth-order valence-electron chi connectivity index (χ4n) is 2.34. The molecular formula is C19H16ClN3O3S. The zero-order valence-corrected chi connectivity index (χ0v) is 15.9. The van der Waals surface area contributed by atoms with Crippen molar-refractivity contribution in [3.63, 3.8) is 0 Å². The van der Waals surface area contributed by atoms with Gasteiger partial charge < -0.3 is 15.4 Å². The fourth-order valence-corrected chi connectivity index (χ4v) is 3.22. The van der Waals surface area contributed by atoms with Gasteiger partial charge in [-0.15, -0.1) is 11.3 Å². The number of carbonyl (C=O) groups excluding carboxylic acids is 2. The minimum atomic E-state index is -0.421. The fraction of sp³-hybridized carbons (Fsp3) is 0.105. The van der Waals surface area contributed by atoms with Gasteiger partial charge in [0.15, 0.2) is 5.13 Å². The summed E-state index contributed by atoms with van der Waals surface area (Å²) in [5.41, 5.74) is 1.53. The molecule has 0 saturated carbocycles. The summed E-state index contributed by atoms with van der Waals surface area (Å²) in [6, 6.07) is 14.3. The second kappa shape index (κ2) is 8.66. The first-order valence-corrected chi connectivity index (χ1v) is 9.25. The van der Waals surface area contributed by atoms with E-state index in [0.717, 1.165) is 5.56 Å². The Bertz CT molecular complexity index is 960. The number of aromatic nitrogens is 1. The number of ether oxygens (including phenoxy) is 1. The Morgan fingerprint density at radius 2 is 1.93 bits per heavy atom. The molecule has 0 fully saturated rings. The third-order valence-corrected chi connectivity index (χ3v) is 4.59. The van der Waals surface area contributed by atoms with Crippen LogP contribution in [0, 0.1) is 0 Å². The zero-order chi connectivity index (χ0) is 19.2. The zero-order valence-electron chi connectivity index (χ0n) is 14.4. The number of carbonyl (C=O) groups is 2.